The van der Waals surface area contributed by atoms with Gasteiger partial charge in [0.05, 0.1) is 6.04 Å². The number of carbonyl (C=O) groups excluding carboxylic acids is 2. The van der Waals surface area contributed by atoms with Gasteiger partial charge in [-0.15, -0.1) is 0 Å². The van der Waals surface area contributed by atoms with Crippen molar-refractivity contribution in [3.8, 4) is 0 Å². The Balaban J connectivity index is 2.71. The number of carbonyl (C=O) groups is 2. The standard InChI is InChI=1S/C17H28N2O5/c1-8-17(7,9-2)22-14(20)13-10-12(19-24-13)11(3)18-15(21)23-16(4,5)6/h10-11H,8-9H2,1-7H3,(H,18,21)/t11-/m1/s1. The van der Waals surface area contributed by atoms with Crippen molar-refractivity contribution in [1.29, 1.82) is 0 Å². The Morgan fingerprint density at radius 2 is 1.79 bits per heavy atom. The van der Waals surface area contributed by atoms with E-state index in [1.54, 1.807) is 27.7 Å². The molecule has 0 aliphatic rings. The van der Waals surface area contributed by atoms with Crippen molar-refractivity contribution >= 4 is 12.1 Å². The van der Waals surface area contributed by atoms with E-state index < -0.39 is 29.3 Å². The predicted molar refractivity (Wildman–Crippen MR) is 88.7 cm³/mol. The van der Waals surface area contributed by atoms with Crippen molar-refractivity contribution < 1.29 is 23.6 Å². The molecule has 0 spiro atoms. The molecule has 7 heteroatoms. The van der Waals surface area contributed by atoms with Crippen molar-refractivity contribution in [3.05, 3.63) is 17.5 Å². The lowest BCUT2D eigenvalue weighted by atomic mass is 10.0. The van der Waals surface area contributed by atoms with E-state index in [0.717, 1.165) is 0 Å². The van der Waals surface area contributed by atoms with Crippen LogP contribution in [0.25, 0.3) is 0 Å². The lowest BCUT2D eigenvalue weighted by molar-refractivity contribution is -0.0168. The molecular formula is C17H28N2O5. The van der Waals surface area contributed by atoms with Crippen LogP contribution in [0.15, 0.2) is 10.6 Å². The monoisotopic (exact) mass is 340 g/mol. The zero-order valence-corrected chi connectivity index (χ0v) is 15.6. The van der Waals surface area contributed by atoms with E-state index in [4.69, 9.17) is 14.0 Å². The van der Waals surface area contributed by atoms with E-state index in [1.807, 2.05) is 20.8 Å². The SMILES string of the molecule is CCC(C)(CC)OC(=O)c1cc([C@@H](C)NC(=O)OC(C)(C)C)no1. The smallest absolute Gasteiger partial charge is 0.408 e. The molecule has 0 fully saturated rings. The third-order valence-corrected chi connectivity index (χ3v) is 3.74. The largest absolute Gasteiger partial charge is 0.453 e. The van der Waals surface area contributed by atoms with E-state index >= 15 is 0 Å². The highest BCUT2D eigenvalue weighted by molar-refractivity contribution is 5.86. The molecule has 0 saturated carbocycles. The van der Waals surface area contributed by atoms with Crippen LogP contribution in [0, 0.1) is 0 Å². The van der Waals surface area contributed by atoms with Gasteiger partial charge in [0, 0.05) is 6.07 Å². The van der Waals surface area contributed by atoms with Crippen LogP contribution in [-0.4, -0.2) is 28.4 Å². The molecule has 0 unspecified atom stereocenters. The quantitative estimate of drug-likeness (QED) is 0.787. The van der Waals surface area contributed by atoms with Crippen molar-refractivity contribution in [2.45, 2.75) is 78.6 Å². The third-order valence-electron chi connectivity index (χ3n) is 3.74. The molecule has 0 aliphatic heterocycles. The normalized spacial score (nSPS) is 13.3. The van der Waals surface area contributed by atoms with Crippen LogP contribution in [0.1, 0.15) is 83.6 Å². The summed E-state index contributed by atoms with van der Waals surface area (Å²) in [4.78, 5) is 23.9. The number of nitrogens with zero attached hydrogens (tertiary/aromatic N) is 1. The first-order valence-corrected chi connectivity index (χ1v) is 8.19. The third kappa shape index (κ3) is 5.86. The molecule has 1 atom stereocenters. The van der Waals surface area contributed by atoms with E-state index in [-0.39, 0.29) is 5.76 Å². The maximum absolute atomic E-state index is 12.2. The van der Waals surface area contributed by atoms with Gasteiger partial charge in [0.1, 0.15) is 16.9 Å². The molecular weight excluding hydrogens is 312 g/mol. The van der Waals surface area contributed by atoms with Crippen LogP contribution in [0.4, 0.5) is 4.79 Å². The summed E-state index contributed by atoms with van der Waals surface area (Å²) in [7, 11) is 0. The number of hydrogen-bond acceptors (Lipinski definition) is 6. The van der Waals surface area contributed by atoms with Gasteiger partial charge < -0.3 is 19.3 Å². The molecule has 7 nitrogen and oxygen atoms in total. The molecule has 1 N–H and O–H groups in total. The fourth-order valence-corrected chi connectivity index (χ4v) is 1.82. The molecule has 0 aromatic carbocycles. The molecule has 1 rings (SSSR count). The zero-order chi connectivity index (χ0) is 18.5. The highest BCUT2D eigenvalue weighted by Crippen LogP contribution is 2.22. The van der Waals surface area contributed by atoms with Gasteiger partial charge in [-0.25, -0.2) is 9.59 Å². The highest BCUT2D eigenvalue weighted by Gasteiger charge is 2.28. The maximum atomic E-state index is 12.2. The Kier molecular flexibility index (Phi) is 6.40. The van der Waals surface area contributed by atoms with Crippen LogP contribution < -0.4 is 5.32 Å². The van der Waals surface area contributed by atoms with Gasteiger partial charge in [-0.1, -0.05) is 19.0 Å². The molecule has 1 amide bonds. The van der Waals surface area contributed by atoms with Crippen molar-refractivity contribution in [2.24, 2.45) is 0 Å². The van der Waals surface area contributed by atoms with Crippen molar-refractivity contribution in [2.75, 3.05) is 0 Å². The van der Waals surface area contributed by atoms with Gasteiger partial charge in [-0.2, -0.15) is 0 Å². The minimum atomic E-state index is -0.590. The number of rotatable bonds is 6. The summed E-state index contributed by atoms with van der Waals surface area (Å²) in [6.07, 6.45) is 0.839. The number of aromatic nitrogens is 1. The van der Waals surface area contributed by atoms with Crippen molar-refractivity contribution in [1.82, 2.24) is 10.5 Å². The maximum Gasteiger partial charge on any atom is 0.408 e. The molecule has 1 aromatic heterocycles. The number of alkyl carbamates (subject to hydrolysis) is 1. The lowest BCUT2D eigenvalue weighted by Gasteiger charge is -2.26. The Morgan fingerprint density at radius 3 is 2.29 bits per heavy atom. The van der Waals surface area contributed by atoms with Gasteiger partial charge in [0.15, 0.2) is 0 Å². The fraction of sp³-hybridized carbons (Fsp3) is 0.706. The average molecular weight is 340 g/mol. The second-order valence-corrected chi connectivity index (χ2v) is 7.03. The lowest BCUT2D eigenvalue weighted by Crippen LogP contribution is -2.34. The Labute approximate surface area is 143 Å². The van der Waals surface area contributed by atoms with Gasteiger partial charge in [-0.3, -0.25) is 0 Å². The van der Waals surface area contributed by atoms with Crippen LogP contribution in [0.2, 0.25) is 0 Å². The zero-order valence-electron chi connectivity index (χ0n) is 15.6. The summed E-state index contributed by atoms with van der Waals surface area (Å²) in [5, 5.41) is 6.46. The Hall–Kier alpha value is -2.05. The number of esters is 1. The minimum Gasteiger partial charge on any atom is -0.453 e. The first-order chi connectivity index (χ1) is 11.0. The summed E-state index contributed by atoms with van der Waals surface area (Å²) in [5.41, 5.74) is -0.708. The first-order valence-electron chi connectivity index (χ1n) is 8.19. The summed E-state index contributed by atoms with van der Waals surface area (Å²) >= 11 is 0. The number of ether oxygens (including phenoxy) is 2. The van der Waals surface area contributed by atoms with Gasteiger partial charge in [-0.05, 0) is 47.5 Å². The second kappa shape index (κ2) is 7.68. The average Bonchev–Trinajstić information content (AvgIpc) is 2.95. The Bertz CT molecular complexity index is 570. The second-order valence-electron chi connectivity index (χ2n) is 7.03. The van der Waals surface area contributed by atoms with Gasteiger partial charge in [0.25, 0.3) is 0 Å². The number of hydrogen-bond donors (Lipinski definition) is 1. The van der Waals surface area contributed by atoms with Gasteiger partial charge in [0.2, 0.25) is 5.76 Å². The minimum absolute atomic E-state index is 0.0102. The topological polar surface area (TPSA) is 90.7 Å². The summed E-state index contributed by atoms with van der Waals surface area (Å²) < 4.78 is 15.7. The van der Waals surface area contributed by atoms with E-state index in [1.165, 1.54) is 6.07 Å². The van der Waals surface area contributed by atoms with Crippen LogP contribution in [0.5, 0.6) is 0 Å². The summed E-state index contributed by atoms with van der Waals surface area (Å²) in [5.74, 6) is -0.555. The predicted octanol–water partition coefficient (Wildman–Crippen LogP) is 4.00. The number of amides is 1. The molecule has 1 heterocycles. The number of nitrogens with one attached hydrogen (secondary N) is 1. The van der Waals surface area contributed by atoms with Crippen molar-refractivity contribution in [3.63, 3.8) is 0 Å². The molecule has 1 aromatic rings. The van der Waals surface area contributed by atoms with E-state index in [0.29, 0.717) is 18.5 Å². The summed E-state index contributed by atoms with van der Waals surface area (Å²) in [6, 6.07) is 1.00. The van der Waals surface area contributed by atoms with E-state index in [2.05, 4.69) is 10.5 Å². The molecule has 0 aliphatic carbocycles. The van der Waals surface area contributed by atoms with Crippen LogP contribution in [0.3, 0.4) is 0 Å². The van der Waals surface area contributed by atoms with Crippen LogP contribution in [-0.2, 0) is 9.47 Å². The first kappa shape index (κ1) is 20.0. The molecule has 0 bridgehead atoms. The fourth-order valence-electron chi connectivity index (χ4n) is 1.82. The summed E-state index contributed by atoms with van der Waals surface area (Å²) in [6.45, 7) is 12.8. The van der Waals surface area contributed by atoms with E-state index in [9.17, 15) is 9.59 Å². The van der Waals surface area contributed by atoms with Gasteiger partial charge >= 0.3 is 12.1 Å². The molecule has 0 radical (unpaired) electrons. The highest BCUT2D eigenvalue weighted by atomic mass is 16.6. The van der Waals surface area contributed by atoms with Crippen LogP contribution >= 0.6 is 0 Å². The molecule has 24 heavy (non-hydrogen) atoms. The Morgan fingerprint density at radius 1 is 1.21 bits per heavy atom. The molecule has 136 valence electrons. The molecule has 0 saturated heterocycles.